The van der Waals surface area contributed by atoms with E-state index in [1.807, 2.05) is 19.1 Å². The maximum Gasteiger partial charge on any atom is 0.328 e. The van der Waals surface area contributed by atoms with Gasteiger partial charge in [0, 0.05) is 6.42 Å². The van der Waals surface area contributed by atoms with Crippen LogP contribution in [-0.4, -0.2) is 36.8 Å². The van der Waals surface area contributed by atoms with Gasteiger partial charge in [0.2, 0.25) is 5.91 Å². The molecule has 2 N–H and O–H groups in total. The number of hydrogen-bond donors (Lipinski definition) is 2. The second-order valence-corrected chi connectivity index (χ2v) is 4.49. The van der Waals surface area contributed by atoms with Crippen molar-refractivity contribution in [1.82, 2.24) is 5.32 Å². The fourth-order valence-electron chi connectivity index (χ4n) is 1.75. The summed E-state index contributed by atoms with van der Waals surface area (Å²) in [6.45, 7) is 0.713. The minimum atomic E-state index is -1.48. The number of rotatable bonds is 7. The minimum Gasteiger partial charge on any atom is -0.497 e. The van der Waals surface area contributed by atoms with Crippen LogP contribution < -0.4 is 10.1 Å². The number of nitrogens with one attached hydrogen (secondary N) is 1. The molecule has 0 saturated carbocycles. The fourth-order valence-corrected chi connectivity index (χ4v) is 1.75. The number of halogens is 1. The second-order valence-electron chi connectivity index (χ2n) is 4.49. The third kappa shape index (κ3) is 4.53. The Balaban J connectivity index is 2.58. The fraction of sp³-hybridized carbons (Fsp3) is 0.429. The van der Waals surface area contributed by atoms with Gasteiger partial charge >= 0.3 is 5.97 Å². The highest BCUT2D eigenvalue weighted by molar-refractivity contribution is 5.84. The van der Waals surface area contributed by atoms with Gasteiger partial charge in [-0.1, -0.05) is 19.1 Å². The molecule has 0 radical (unpaired) electrons. The van der Waals surface area contributed by atoms with E-state index in [2.05, 4.69) is 5.32 Å². The van der Waals surface area contributed by atoms with Crippen LogP contribution in [0.1, 0.15) is 24.8 Å². The Bertz CT molecular complexity index is 461. The average molecular weight is 283 g/mol. The topological polar surface area (TPSA) is 75.6 Å². The molecule has 0 fully saturated rings. The summed E-state index contributed by atoms with van der Waals surface area (Å²) in [6.07, 6.45) is 0.0934. The quantitative estimate of drug-likeness (QED) is 0.799. The van der Waals surface area contributed by atoms with Crippen molar-refractivity contribution in [2.45, 2.75) is 25.3 Å². The molecule has 110 valence electrons. The highest BCUT2D eigenvalue weighted by Gasteiger charge is 2.21. The summed E-state index contributed by atoms with van der Waals surface area (Å²) in [6, 6.07) is 5.75. The molecule has 0 aliphatic carbocycles. The van der Waals surface area contributed by atoms with Crippen molar-refractivity contribution >= 4 is 11.9 Å². The predicted molar refractivity (Wildman–Crippen MR) is 71.6 cm³/mol. The first-order valence-electron chi connectivity index (χ1n) is 6.20. The standard InChI is InChI=1S/C14H18FNO4/c1-9(10-3-5-11(20-2)6-4-10)7-13(17)16-12(8-15)14(18)19/h3-6,9,12H,7-8H2,1-2H3,(H,16,17)(H,18,19). The maximum atomic E-state index is 12.4. The largest absolute Gasteiger partial charge is 0.497 e. The van der Waals surface area contributed by atoms with Crippen molar-refractivity contribution in [3.8, 4) is 5.75 Å². The Kier molecular flexibility index (Phi) is 5.96. The first-order chi connectivity index (χ1) is 9.47. The number of ether oxygens (including phenoxy) is 1. The van der Waals surface area contributed by atoms with Crippen LogP contribution in [0.3, 0.4) is 0 Å². The van der Waals surface area contributed by atoms with E-state index in [-0.39, 0.29) is 12.3 Å². The molecule has 1 aromatic rings. The molecule has 20 heavy (non-hydrogen) atoms. The summed E-state index contributed by atoms with van der Waals surface area (Å²) in [5, 5.41) is 10.8. The number of aliphatic carboxylic acids is 1. The molecule has 2 unspecified atom stereocenters. The Hall–Kier alpha value is -2.11. The van der Waals surface area contributed by atoms with Gasteiger partial charge in [-0.05, 0) is 23.6 Å². The molecule has 0 saturated heterocycles. The van der Waals surface area contributed by atoms with Crippen molar-refractivity contribution in [3.05, 3.63) is 29.8 Å². The van der Waals surface area contributed by atoms with Crippen molar-refractivity contribution in [3.63, 3.8) is 0 Å². The Morgan fingerprint density at radius 2 is 1.95 bits per heavy atom. The lowest BCUT2D eigenvalue weighted by atomic mass is 9.97. The number of benzene rings is 1. The van der Waals surface area contributed by atoms with Crippen molar-refractivity contribution in [2.75, 3.05) is 13.8 Å². The molecule has 0 aliphatic heterocycles. The van der Waals surface area contributed by atoms with Gasteiger partial charge in [-0.2, -0.15) is 0 Å². The summed E-state index contributed by atoms with van der Waals surface area (Å²) in [5.41, 5.74) is 0.924. The van der Waals surface area contributed by atoms with E-state index in [9.17, 15) is 14.0 Å². The van der Waals surface area contributed by atoms with Crippen molar-refractivity contribution in [2.24, 2.45) is 0 Å². The molecule has 1 rings (SSSR count). The highest BCUT2D eigenvalue weighted by Crippen LogP contribution is 2.21. The number of carbonyl (C=O) groups is 2. The first-order valence-corrected chi connectivity index (χ1v) is 6.20. The van der Waals surface area contributed by atoms with E-state index in [0.717, 1.165) is 5.56 Å². The zero-order valence-corrected chi connectivity index (χ0v) is 11.4. The van der Waals surface area contributed by atoms with Gasteiger partial charge in [0.15, 0.2) is 6.04 Å². The molecule has 0 heterocycles. The van der Waals surface area contributed by atoms with Gasteiger partial charge < -0.3 is 15.2 Å². The molecule has 1 amide bonds. The molecule has 1 aromatic carbocycles. The van der Waals surface area contributed by atoms with Gasteiger partial charge in [0.05, 0.1) is 7.11 Å². The van der Waals surface area contributed by atoms with Crippen LogP contribution in [0.25, 0.3) is 0 Å². The van der Waals surface area contributed by atoms with Crippen LogP contribution in [0.2, 0.25) is 0 Å². The Morgan fingerprint density at radius 3 is 2.40 bits per heavy atom. The summed E-state index contributed by atoms with van der Waals surface area (Å²) >= 11 is 0. The number of alkyl halides is 1. The zero-order chi connectivity index (χ0) is 15.1. The van der Waals surface area contributed by atoms with Gasteiger partial charge in [-0.3, -0.25) is 4.79 Å². The second kappa shape index (κ2) is 7.47. The smallest absolute Gasteiger partial charge is 0.328 e. The predicted octanol–water partition coefficient (Wildman–Crippen LogP) is 1.73. The van der Waals surface area contributed by atoms with Crippen molar-refractivity contribution in [1.29, 1.82) is 0 Å². The number of carboxylic acid groups (broad SMARTS) is 1. The lowest BCUT2D eigenvalue weighted by molar-refractivity contribution is -0.142. The van der Waals surface area contributed by atoms with Gasteiger partial charge in [-0.15, -0.1) is 0 Å². The molecule has 5 nitrogen and oxygen atoms in total. The van der Waals surface area contributed by atoms with Gasteiger partial charge in [0.25, 0.3) is 0 Å². The summed E-state index contributed by atoms with van der Waals surface area (Å²) in [7, 11) is 1.56. The van der Waals surface area contributed by atoms with Crippen LogP contribution in [0.4, 0.5) is 4.39 Å². The van der Waals surface area contributed by atoms with E-state index in [1.165, 1.54) is 0 Å². The normalized spacial score (nSPS) is 13.3. The molecule has 0 bridgehead atoms. The van der Waals surface area contributed by atoms with Gasteiger partial charge in [-0.25, -0.2) is 9.18 Å². The summed E-state index contributed by atoms with van der Waals surface area (Å²) in [5.74, 6) is -1.25. The third-order valence-electron chi connectivity index (χ3n) is 2.96. The SMILES string of the molecule is COc1ccc(C(C)CC(=O)NC(CF)C(=O)O)cc1. The lowest BCUT2D eigenvalue weighted by Crippen LogP contribution is -2.42. The number of carbonyl (C=O) groups excluding carboxylic acids is 1. The number of amides is 1. The van der Waals surface area contributed by atoms with E-state index < -0.39 is 24.6 Å². The first kappa shape index (κ1) is 15.9. The molecule has 6 heteroatoms. The molecule has 0 aromatic heterocycles. The molecular formula is C14H18FNO4. The van der Waals surface area contributed by atoms with Crippen LogP contribution in [0.15, 0.2) is 24.3 Å². The monoisotopic (exact) mass is 283 g/mol. The third-order valence-corrected chi connectivity index (χ3v) is 2.96. The van der Waals surface area contributed by atoms with E-state index in [1.54, 1.807) is 19.2 Å². The Morgan fingerprint density at radius 1 is 1.35 bits per heavy atom. The number of hydrogen-bond acceptors (Lipinski definition) is 3. The zero-order valence-electron chi connectivity index (χ0n) is 11.4. The van der Waals surface area contributed by atoms with E-state index in [0.29, 0.717) is 5.75 Å². The van der Waals surface area contributed by atoms with Crippen LogP contribution in [0.5, 0.6) is 5.75 Å². The summed E-state index contributed by atoms with van der Waals surface area (Å²) in [4.78, 5) is 22.3. The highest BCUT2D eigenvalue weighted by atomic mass is 19.1. The Labute approximate surface area is 116 Å². The van der Waals surface area contributed by atoms with Crippen LogP contribution in [0, 0.1) is 0 Å². The van der Waals surface area contributed by atoms with Crippen LogP contribution in [-0.2, 0) is 9.59 Å². The lowest BCUT2D eigenvalue weighted by Gasteiger charge is -2.15. The summed E-state index contributed by atoms with van der Waals surface area (Å²) < 4.78 is 17.4. The number of methoxy groups -OCH3 is 1. The molecule has 2 atom stereocenters. The maximum absolute atomic E-state index is 12.4. The van der Waals surface area contributed by atoms with E-state index in [4.69, 9.17) is 9.84 Å². The average Bonchev–Trinajstić information content (AvgIpc) is 2.44. The molecular weight excluding hydrogens is 265 g/mol. The van der Waals surface area contributed by atoms with Crippen LogP contribution >= 0.6 is 0 Å². The van der Waals surface area contributed by atoms with E-state index >= 15 is 0 Å². The van der Waals surface area contributed by atoms with Crippen molar-refractivity contribution < 1.29 is 23.8 Å². The van der Waals surface area contributed by atoms with Gasteiger partial charge in [0.1, 0.15) is 12.4 Å². The number of carboxylic acids is 1. The molecule has 0 aliphatic rings. The molecule has 0 spiro atoms. The minimum absolute atomic E-state index is 0.0934.